The molecule has 0 spiro atoms. The fraction of sp³-hybridized carbons (Fsp3) is 0.552. The number of piperidine rings is 2. The second kappa shape index (κ2) is 11.9. The van der Waals surface area contributed by atoms with Crippen LogP contribution >= 0.6 is 0 Å². The van der Waals surface area contributed by atoms with E-state index in [1.165, 1.54) is 113 Å². The van der Waals surface area contributed by atoms with Crippen molar-refractivity contribution in [2.45, 2.75) is 51.4 Å². The minimum Gasteiger partial charge on any atom is -0.385 e. The molecule has 182 valence electrons. The largest absolute Gasteiger partial charge is 0.385 e. The molecule has 0 bridgehead atoms. The molecule has 1 aromatic heterocycles. The Hall–Kier alpha value is -2.37. The van der Waals surface area contributed by atoms with Gasteiger partial charge in [0, 0.05) is 35.2 Å². The van der Waals surface area contributed by atoms with Crippen LogP contribution in [0.4, 0.5) is 11.4 Å². The lowest BCUT2D eigenvalue weighted by atomic mass is 10.1. The number of likely N-dealkylation sites (tertiary alicyclic amines) is 2. The molecule has 2 fully saturated rings. The van der Waals surface area contributed by atoms with Gasteiger partial charge in [0.05, 0.1) is 11.0 Å². The van der Waals surface area contributed by atoms with Crippen molar-refractivity contribution in [2.24, 2.45) is 0 Å². The van der Waals surface area contributed by atoms with Gasteiger partial charge in [-0.25, -0.2) is 4.98 Å². The topological polar surface area (TPSA) is 43.4 Å². The second-order valence-electron chi connectivity index (χ2n) is 10.2. The quantitative estimate of drug-likeness (QED) is 0.289. The van der Waals surface area contributed by atoms with Crippen LogP contribution in [0, 0.1) is 0 Å². The first-order valence-electron chi connectivity index (χ1n) is 13.6. The normalized spacial score (nSPS) is 17.9. The lowest BCUT2D eigenvalue weighted by Crippen LogP contribution is -2.31. The number of benzene rings is 2. The summed E-state index contributed by atoms with van der Waals surface area (Å²) in [6, 6.07) is 15.4. The Balaban J connectivity index is 1.15. The average Bonchev–Trinajstić information content (AvgIpc) is 2.89. The summed E-state index contributed by atoms with van der Waals surface area (Å²) in [6.45, 7) is 9.56. The number of nitrogens with one attached hydrogen (secondary N) is 2. The number of pyridine rings is 1. The second-order valence-corrected chi connectivity index (χ2v) is 10.2. The van der Waals surface area contributed by atoms with E-state index < -0.39 is 0 Å². The zero-order valence-corrected chi connectivity index (χ0v) is 20.7. The molecule has 0 aliphatic carbocycles. The minimum atomic E-state index is 1.01. The molecule has 5 nitrogen and oxygen atoms in total. The van der Waals surface area contributed by atoms with Crippen LogP contribution in [0.25, 0.3) is 21.8 Å². The summed E-state index contributed by atoms with van der Waals surface area (Å²) in [5.41, 5.74) is 4.47. The van der Waals surface area contributed by atoms with Crippen molar-refractivity contribution in [3.63, 3.8) is 0 Å². The van der Waals surface area contributed by atoms with Crippen molar-refractivity contribution in [3.05, 3.63) is 42.5 Å². The van der Waals surface area contributed by atoms with Gasteiger partial charge in [-0.1, -0.05) is 25.0 Å². The molecule has 34 heavy (non-hydrogen) atoms. The van der Waals surface area contributed by atoms with E-state index in [0.717, 1.165) is 24.1 Å². The van der Waals surface area contributed by atoms with Crippen molar-refractivity contribution >= 4 is 33.2 Å². The Morgan fingerprint density at radius 1 is 0.588 bits per heavy atom. The lowest BCUT2D eigenvalue weighted by molar-refractivity contribution is 0.228. The first kappa shape index (κ1) is 23.4. The van der Waals surface area contributed by atoms with Crippen LogP contribution in [-0.2, 0) is 0 Å². The van der Waals surface area contributed by atoms with Crippen LogP contribution in [0.1, 0.15) is 51.4 Å². The average molecular weight is 460 g/mol. The number of hydrogen-bond donors (Lipinski definition) is 2. The van der Waals surface area contributed by atoms with Crippen molar-refractivity contribution in [1.29, 1.82) is 0 Å². The van der Waals surface area contributed by atoms with Gasteiger partial charge in [-0.2, -0.15) is 0 Å². The molecule has 0 unspecified atom stereocenters. The summed E-state index contributed by atoms with van der Waals surface area (Å²) < 4.78 is 0. The number of rotatable bonds is 10. The molecule has 3 heterocycles. The highest BCUT2D eigenvalue weighted by Crippen LogP contribution is 2.25. The Labute approximate surface area is 204 Å². The Kier molecular flexibility index (Phi) is 8.15. The van der Waals surface area contributed by atoms with Crippen LogP contribution in [0.5, 0.6) is 0 Å². The van der Waals surface area contributed by atoms with Crippen molar-refractivity contribution in [1.82, 2.24) is 14.8 Å². The molecule has 2 aliphatic rings. The van der Waals surface area contributed by atoms with Gasteiger partial charge in [-0.15, -0.1) is 0 Å². The number of nitrogens with zero attached hydrogens (tertiary/aromatic N) is 3. The van der Waals surface area contributed by atoms with E-state index >= 15 is 0 Å². The highest BCUT2D eigenvalue weighted by molar-refractivity contribution is 5.95. The third-order valence-electron chi connectivity index (χ3n) is 7.47. The molecule has 2 aliphatic heterocycles. The predicted molar refractivity (Wildman–Crippen MR) is 146 cm³/mol. The molecule has 2 saturated heterocycles. The number of anilines is 2. The third-order valence-corrected chi connectivity index (χ3v) is 7.47. The SMILES string of the molecule is c1cc2cc3ccc(NCCCN4CCCCC4)cc3nc2cc1NCCCN1CCCCC1. The number of aromatic nitrogens is 1. The van der Waals surface area contributed by atoms with Crippen LogP contribution in [0.15, 0.2) is 42.5 Å². The van der Waals surface area contributed by atoms with E-state index in [0.29, 0.717) is 0 Å². The predicted octanol–water partition coefficient (Wildman–Crippen LogP) is 5.96. The summed E-state index contributed by atoms with van der Waals surface area (Å²) in [5, 5.41) is 9.63. The van der Waals surface area contributed by atoms with E-state index in [9.17, 15) is 0 Å². The highest BCUT2D eigenvalue weighted by atomic mass is 15.1. The van der Waals surface area contributed by atoms with Gasteiger partial charge < -0.3 is 20.4 Å². The molecule has 0 saturated carbocycles. The standard InChI is InChI=1S/C29H41N5/c1-3-15-33(16-4-1)19-7-13-30-26-11-9-24-21-25-10-12-27(23-29(25)32-28(24)22-26)31-14-8-20-34-17-5-2-6-18-34/h9-12,21-23,30-31H,1-8,13-20H2. The van der Waals surface area contributed by atoms with Crippen molar-refractivity contribution in [2.75, 3.05) is 63.0 Å². The van der Waals surface area contributed by atoms with E-state index in [-0.39, 0.29) is 0 Å². The van der Waals surface area contributed by atoms with Gasteiger partial charge in [-0.3, -0.25) is 0 Å². The molecule has 0 atom stereocenters. The zero-order chi connectivity index (χ0) is 23.0. The Bertz CT molecular complexity index is 972. The molecule has 0 amide bonds. The number of hydrogen-bond acceptors (Lipinski definition) is 5. The van der Waals surface area contributed by atoms with Crippen LogP contribution in [-0.4, -0.2) is 67.1 Å². The van der Waals surface area contributed by atoms with E-state index in [2.05, 4.69) is 62.9 Å². The van der Waals surface area contributed by atoms with Gasteiger partial charge in [-0.05, 0) is 108 Å². The molecular formula is C29H41N5. The lowest BCUT2D eigenvalue weighted by Gasteiger charge is -2.26. The molecule has 2 N–H and O–H groups in total. The summed E-state index contributed by atoms with van der Waals surface area (Å²) in [4.78, 5) is 10.2. The molecule has 5 heteroatoms. The van der Waals surface area contributed by atoms with Crippen LogP contribution in [0.2, 0.25) is 0 Å². The van der Waals surface area contributed by atoms with Crippen LogP contribution < -0.4 is 10.6 Å². The smallest absolute Gasteiger partial charge is 0.0730 e. The summed E-state index contributed by atoms with van der Waals surface area (Å²) >= 11 is 0. The Morgan fingerprint density at radius 3 is 1.53 bits per heavy atom. The first-order chi connectivity index (χ1) is 16.8. The van der Waals surface area contributed by atoms with Crippen molar-refractivity contribution < 1.29 is 0 Å². The monoisotopic (exact) mass is 459 g/mol. The maximum absolute atomic E-state index is 5.01. The molecule has 5 rings (SSSR count). The Morgan fingerprint density at radius 2 is 1.06 bits per heavy atom. The maximum Gasteiger partial charge on any atom is 0.0730 e. The minimum absolute atomic E-state index is 1.01. The van der Waals surface area contributed by atoms with Gasteiger partial charge in [0.15, 0.2) is 0 Å². The third kappa shape index (κ3) is 6.39. The van der Waals surface area contributed by atoms with Crippen molar-refractivity contribution in [3.8, 4) is 0 Å². The fourth-order valence-corrected chi connectivity index (χ4v) is 5.48. The summed E-state index contributed by atoms with van der Waals surface area (Å²) in [6.07, 6.45) is 10.7. The van der Waals surface area contributed by atoms with E-state index in [1.807, 2.05) is 0 Å². The van der Waals surface area contributed by atoms with Gasteiger partial charge in [0.2, 0.25) is 0 Å². The molecule has 3 aromatic rings. The maximum atomic E-state index is 5.01. The molecular weight excluding hydrogens is 418 g/mol. The number of fused-ring (bicyclic) bond motifs is 2. The molecule has 2 aromatic carbocycles. The zero-order valence-electron chi connectivity index (χ0n) is 20.7. The van der Waals surface area contributed by atoms with E-state index in [4.69, 9.17) is 4.98 Å². The van der Waals surface area contributed by atoms with Crippen LogP contribution in [0.3, 0.4) is 0 Å². The van der Waals surface area contributed by atoms with Gasteiger partial charge in [0.1, 0.15) is 0 Å². The molecule has 0 radical (unpaired) electrons. The van der Waals surface area contributed by atoms with Gasteiger partial charge >= 0.3 is 0 Å². The summed E-state index contributed by atoms with van der Waals surface area (Å²) in [7, 11) is 0. The van der Waals surface area contributed by atoms with E-state index in [1.54, 1.807) is 0 Å². The summed E-state index contributed by atoms with van der Waals surface area (Å²) in [5.74, 6) is 0. The van der Waals surface area contributed by atoms with Gasteiger partial charge in [0.25, 0.3) is 0 Å². The highest BCUT2D eigenvalue weighted by Gasteiger charge is 2.10. The fourth-order valence-electron chi connectivity index (χ4n) is 5.48. The first-order valence-corrected chi connectivity index (χ1v) is 13.6.